The number of hydrogen-bond acceptors (Lipinski definition) is 4. The number of Topliss-reactive ketones (excluding diaryl/α,β-unsaturated/α-hetero) is 1. The molecule has 0 aliphatic heterocycles. The lowest BCUT2D eigenvalue weighted by atomic mass is 9.97. The van der Waals surface area contributed by atoms with Crippen molar-refractivity contribution in [2.24, 2.45) is 0 Å². The van der Waals surface area contributed by atoms with Crippen molar-refractivity contribution in [3.8, 4) is 5.75 Å². The number of hydrogen-bond donors (Lipinski definition) is 1. The predicted molar refractivity (Wildman–Crippen MR) is 111 cm³/mol. The first-order valence-electron chi connectivity index (χ1n) is 9.13. The zero-order valence-electron chi connectivity index (χ0n) is 17.1. The van der Waals surface area contributed by atoms with E-state index in [0.29, 0.717) is 0 Å². The first-order chi connectivity index (χ1) is 14.7. The molecule has 2 rings (SSSR count). The first kappa shape index (κ1) is 25.7. The second-order valence-corrected chi connectivity index (χ2v) is 8.42. The Morgan fingerprint density at radius 2 is 1.56 bits per heavy atom. The van der Waals surface area contributed by atoms with Gasteiger partial charge < -0.3 is 14.8 Å². The van der Waals surface area contributed by atoms with Crippen molar-refractivity contribution in [2.45, 2.75) is 44.9 Å². The smallest absolute Gasteiger partial charge is 0.444 e. The molecule has 0 aliphatic carbocycles. The summed E-state index contributed by atoms with van der Waals surface area (Å²) in [5.74, 6) is -1.22. The molecule has 174 valence electrons. The molecule has 2 aromatic rings. The number of ether oxygens (including phenoxy) is 2. The topological polar surface area (TPSA) is 64.6 Å². The van der Waals surface area contributed by atoms with Crippen LogP contribution in [0.2, 0.25) is 10.0 Å². The summed E-state index contributed by atoms with van der Waals surface area (Å²) in [5, 5.41) is 2.79. The highest BCUT2D eigenvalue weighted by molar-refractivity contribution is 6.42. The highest BCUT2D eigenvalue weighted by atomic mass is 35.5. The molecule has 0 saturated heterocycles. The Morgan fingerprint density at radius 3 is 2.06 bits per heavy atom. The number of carbonyl (C=O) groups is 2. The third kappa shape index (κ3) is 7.00. The van der Waals surface area contributed by atoms with Gasteiger partial charge in [0.2, 0.25) is 0 Å². The van der Waals surface area contributed by atoms with Crippen molar-refractivity contribution in [1.82, 2.24) is 5.32 Å². The Morgan fingerprint density at radius 1 is 0.969 bits per heavy atom. The van der Waals surface area contributed by atoms with E-state index in [-0.39, 0.29) is 21.2 Å². The van der Waals surface area contributed by atoms with Gasteiger partial charge in [0, 0.05) is 5.56 Å². The number of nitrogens with one attached hydrogen (secondary N) is 1. The summed E-state index contributed by atoms with van der Waals surface area (Å²) in [6.45, 7) is 4.91. The molecule has 0 radical (unpaired) electrons. The van der Waals surface area contributed by atoms with Crippen LogP contribution in [0.5, 0.6) is 5.75 Å². The van der Waals surface area contributed by atoms with Gasteiger partial charge in [-0.3, -0.25) is 4.79 Å². The zero-order chi connectivity index (χ0) is 24.3. The Hall–Kier alpha value is -2.52. The first-order valence-corrected chi connectivity index (χ1v) is 9.89. The Kier molecular flexibility index (Phi) is 8.01. The van der Waals surface area contributed by atoms with E-state index in [1.165, 1.54) is 18.2 Å². The maximum absolute atomic E-state index is 13.1. The Labute approximate surface area is 191 Å². The standard InChI is InChI=1S/C21H19Cl2F4NO4/c1-20(2,3)32-19(30)28-16(12-6-9-14(22)15(23)10-12)17(29)11-4-7-13(8-5-11)31-21(26,27)18(24)25/h4-10,16,18H,1-3H3,(H,28,30). The highest BCUT2D eigenvalue weighted by Gasteiger charge is 2.44. The van der Waals surface area contributed by atoms with Crippen LogP contribution in [0.15, 0.2) is 42.5 Å². The third-order valence-electron chi connectivity index (χ3n) is 3.85. The molecular weight excluding hydrogens is 477 g/mol. The summed E-state index contributed by atoms with van der Waals surface area (Å²) in [4.78, 5) is 25.4. The summed E-state index contributed by atoms with van der Waals surface area (Å²) in [7, 11) is 0. The Bertz CT molecular complexity index is 979. The van der Waals surface area contributed by atoms with Gasteiger partial charge in [-0.05, 0) is 62.7 Å². The second kappa shape index (κ2) is 9.95. The molecule has 0 fully saturated rings. The van der Waals surface area contributed by atoms with E-state index in [1.807, 2.05) is 0 Å². The molecule has 0 saturated carbocycles. The van der Waals surface area contributed by atoms with Gasteiger partial charge in [0.25, 0.3) is 0 Å². The molecule has 0 spiro atoms. The third-order valence-corrected chi connectivity index (χ3v) is 4.59. The number of alkyl halides is 4. The lowest BCUT2D eigenvalue weighted by Gasteiger charge is -2.23. The minimum Gasteiger partial charge on any atom is -0.444 e. The van der Waals surface area contributed by atoms with Gasteiger partial charge in [-0.15, -0.1) is 0 Å². The highest BCUT2D eigenvalue weighted by Crippen LogP contribution is 2.30. The van der Waals surface area contributed by atoms with Gasteiger partial charge in [0.1, 0.15) is 17.4 Å². The number of rotatable bonds is 7. The van der Waals surface area contributed by atoms with Crippen molar-refractivity contribution in [3.05, 3.63) is 63.6 Å². The van der Waals surface area contributed by atoms with E-state index in [2.05, 4.69) is 10.1 Å². The van der Waals surface area contributed by atoms with Crippen molar-refractivity contribution >= 4 is 35.1 Å². The van der Waals surface area contributed by atoms with Gasteiger partial charge in [-0.2, -0.15) is 17.6 Å². The molecule has 0 heterocycles. The van der Waals surface area contributed by atoms with Gasteiger partial charge in [-0.25, -0.2) is 4.79 Å². The van der Waals surface area contributed by atoms with Crippen LogP contribution in [-0.2, 0) is 4.74 Å². The van der Waals surface area contributed by atoms with Crippen LogP contribution >= 0.6 is 23.2 Å². The monoisotopic (exact) mass is 495 g/mol. The molecule has 1 atom stereocenters. The van der Waals surface area contributed by atoms with Crippen LogP contribution in [-0.4, -0.2) is 30.0 Å². The summed E-state index contributed by atoms with van der Waals surface area (Å²) in [6.07, 6.45) is -9.61. The van der Waals surface area contributed by atoms with E-state index in [9.17, 15) is 27.2 Å². The summed E-state index contributed by atoms with van der Waals surface area (Å²) >= 11 is 11.9. The molecule has 0 bridgehead atoms. The average molecular weight is 496 g/mol. The fourth-order valence-electron chi connectivity index (χ4n) is 2.47. The van der Waals surface area contributed by atoms with E-state index < -0.39 is 41.8 Å². The number of ketones is 1. The van der Waals surface area contributed by atoms with E-state index in [0.717, 1.165) is 24.3 Å². The number of alkyl carbamates (subject to hydrolysis) is 1. The molecular formula is C21H19Cl2F4NO4. The minimum atomic E-state index is -4.69. The SMILES string of the molecule is CC(C)(C)OC(=O)NC(C(=O)c1ccc(OC(F)(F)C(F)F)cc1)c1ccc(Cl)c(Cl)c1. The molecule has 1 unspecified atom stereocenters. The van der Waals surface area contributed by atoms with Crippen LogP contribution in [0, 0.1) is 0 Å². The largest absolute Gasteiger partial charge is 0.461 e. The van der Waals surface area contributed by atoms with Crippen molar-refractivity contribution in [2.75, 3.05) is 0 Å². The van der Waals surface area contributed by atoms with Crippen LogP contribution in [0.3, 0.4) is 0 Å². The maximum atomic E-state index is 13.1. The quantitative estimate of drug-likeness (QED) is 0.343. The minimum absolute atomic E-state index is 0.0233. The van der Waals surface area contributed by atoms with Crippen molar-refractivity contribution in [1.29, 1.82) is 0 Å². The van der Waals surface area contributed by atoms with Gasteiger partial charge >= 0.3 is 18.6 Å². The van der Waals surface area contributed by atoms with E-state index in [4.69, 9.17) is 27.9 Å². The van der Waals surface area contributed by atoms with E-state index in [1.54, 1.807) is 20.8 Å². The van der Waals surface area contributed by atoms with Crippen LogP contribution in [0.4, 0.5) is 22.4 Å². The van der Waals surface area contributed by atoms with Crippen LogP contribution < -0.4 is 10.1 Å². The normalized spacial score (nSPS) is 12.9. The lowest BCUT2D eigenvalue weighted by molar-refractivity contribution is -0.253. The lowest BCUT2D eigenvalue weighted by Crippen LogP contribution is -2.38. The van der Waals surface area contributed by atoms with Crippen molar-refractivity contribution in [3.63, 3.8) is 0 Å². The number of amides is 1. The summed E-state index contributed by atoms with van der Waals surface area (Å²) in [6, 6.07) is 7.07. The fraction of sp³-hybridized carbons (Fsp3) is 0.333. The Balaban J connectivity index is 2.33. The second-order valence-electron chi connectivity index (χ2n) is 7.61. The van der Waals surface area contributed by atoms with Crippen LogP contribution in [0.1, 0.15) is 42.7 Å². The average Bonchev–Trinajstić information content (AvgIpc) is 2.66. The van der Waals surface area contributed by atoms with Crippen molar-refractivity contribution < 1.29 is 36.6 Å². The summed E-state index contributed by atoms with van der Waals surface area (Å²) < 4.78 is 59.9. The predicted octanol–water partition coefficient (Wildman–Crippen LogP) is 6.68. The molecule has 0 aromatic heterocycles. The molecule has 1 N–H and O–H groups in total. The maximum Gasteiger partial charge on any atom is 0.461 e. The number of halogens is 6. The number of carbonyl (C=O) groups excluding carboxylic acids is 2. The fourth-order valence-corrected chi connectivity index (χ4v) is 2.78. The number of benzene rings is 2. The molecule has 32 heavy (non-hydrogen) atoms. The van der Waals surface area contributed by atoms with Gasteiger partial charge in [0.05, 0.1) is 10.0 Å². The molecule has 1 amide bonds. The van der Waals surface area contributed by atoms with E-state index >= 15 is 0 Å². The summed E-state index contributed by atoms with van der Waals surface area (Å²) in [5.41, 5.74) is -0.589. The molecule has 5 nitrogen and oxygen atoms in total. The van der Waals surface area contributed by atoms with Gasteiger partial charge in [0.15, 0.2) is 5.78 Å². The van der Waals surface area contributed by atoms with Crippen LogP contribution in [0.25, 0.3) is 0 Å². The van der Waals surface area contributed by atoms with Gasteiger partial charge in [-0.1, -0.05) is 29.3 Å². The molecule has 0 aliphatic rings. The molecule has 11 heteroatoms. The molecule has 2 aromatic carbocycles. The zero-order valence-corrected chi connectivity index (χ0v) is 18.6.